The van der Waals surface area contributed by atoms with Crippen LogP contribution in [0.4, 0.5) is 0 Å². The molecule has 0 aliphatic carbocycles. The molecule has 0 aliphatic heterocycles. The van der Waals surface area contributed by atoms with Crippen molar-refractivity contribution in [1.29, 1.82) is 0 Å². The molecule has 0 amide bonds. The van der Waals surface area contributed by atoms with E-state index < -0.39 is 42.9 Å². The fourth-order valence-electron chi connectivity index (χ4n) is 5.76. The molecule has 7 rings (SSSR count). The average Bonchev–Trinajstić information content (AvgIpc) is 3.72. The molecule has 0 aliphatic rings. The number of para-hydroxylation sites is 1. The molecule has 52 heavy (non-hydrogen) atoms. The predicted molar refractivity (Wildman–Crippen MR) is 216 cm³/mol. The summed E-state index contributed by atoms with van der Waals surface area (Å²) in [5.41, 5.74) is 4.20. The standard InChI is InChI=1S/C30H27NO2.C17H20N.Ir/c1-18(12-21(19(2)17-31)16-30(3,4)5)20-10-11-27-23(13-20)25-15-28-24(14-29(25)33-27)22-8-6-7-9-26(22)32-28;1-13-5-8-15(9-6-13)16-10-7-14(12-18-16)11-17(2,3)4;/h6-9,11-15,17H,16H2,1-5H3;5-8,10,12H,11H2,1-4H3;/q-2;-1;+3/b18-12+,21-19+;;/i2D3,16D2;1D3,11D2;. The summed E-state index contributed by atoms with van der Waals surface area (Å²) in [6.45, 7) is 7.55. The Labute approximate surface area is 335 Å². The van der Waals surface area contributed by atoms with Gasteiger partial charge in [0.1, 0.15) is 16.7 Å². The fourth-order valence-corrected chi connectivity index (χ4v) is 5.76. The Morgan fingerprint density at radius 3 is 2.15 bits per heavy atom. The van der Waals surface area contributed by atoms with Crippen molar-refractivity contribution < 1.29 is 42.6 Å². The molecule has 3 heterocycles. The van der Waals surface area contributed by atoms with E-state index in [1.807, 2.05) is 63.2 Å². The molecule has 0 unspecified atom stereocenters. The number of hydrogen-bond acceptors (Lipinski definition) is 3. The number of aryl methyl sites for hydroxylation is 1. The molecule has 266 valence electrons. The molecule has 0 fully saturated rings. The van der Waals surface area contributed by atoms with Gasteiger partial charge in [-0.25, -0.2) is 0 Å². The summed E-state index contributed by atoms with van der Waals surface area (Å²) in [7, 11) is 0. The number of aromatic nitrogens is 1. The smallest absolute Gasteiger partial charge is 0.810 e. The summed E-state index contributed by atoms with van der Waals surface area (Å²) in [4.78, 5) is 4.31. The largest absolute Gasteiger partial charge is 3.00 e. The number of benzene rings is 4. The first-order valence-electron chi connectivity index (χ1n) is 21.7. The molecule has 4 aromatic carbocycles. The second-order valence-corrected chi connectivity index (χ2v) is 14.6. The monoisotopic (exact) mass is 874 g/mol. The normalized spacial score (nSPS) is 16.7. The number of furan rings is 2. The van der Waals surface area contributed by atoms with Crippen molar-refractivity contribution in [3.8, 4) is 11.3 Å². The van der Waals surface area contributed by atoms with Crippen molar-refractivity contribution in [2.45, 2.75) is 74.9 Å². The van der Waals surface area contributed by atoms with Crippen LogP contribution in [0.25, 0.3) is 66.1 Å². The van der Waals surface area contributed by atoms with E-state index in [1.54, 1.807) is 58.0 Å². The number of nitrogens with zero attached hydrogens (tertiary/aromatic N) is 2. The number of rotatable bonds is 6. The molecule has 5 heteroatoms. The maximum absolute atomic E-state index is 9.85. The molecule has 4 nitrogen and oxygen atoms in total. The van der Waals surface area contributed by atoms with Gasteiger partial charge >= 0.3 is 20.1 Å². The minimum atomic E-state index is -2.70. The Balaban J connectivity index is 0.000000260. The van der Waals surface area contributed by atoms with Gasteiger partial charge in [0.05, 0.1) is 5.58 Å². The number of hydrogen-bond donors (Lipinski definition) is 0. The third-order valence-corrected chi connectivity index (χ3v) is 7.99. The zero-order valence-electron chi connectivity index (χ0n) is 40.3. The fraction of sp³-hybridized carbons (Fsp3) is 0.277. The Bertz CT molecular complexity index is 2820. The van der Waals surface area contributed by atoms with Crippen LogP contribution in [0, 0.1) is 29.8 Å². The van der Waals surface area contributed by atoms with Gasteiger partial charge in [-0.1, -0.05) is 108 Å². The van der Waals surface area contributed by atoms with Crippen LogP contribution in [0.3, 0.4) is 0 Å². The predicted octanol–water partition coefficient (Wildman–Crippen LogP) is 13.5. The van der Waals surface area contributed by atoms with Crippen LogP contribution in [0.2, 0.25) is 0 Å². The average molecular weight is 874 g/mol. The minimum Gasteiger partial charge on any atom is -0.810 e. The second kappa shape index (κ2) is 15.6. The van der Waals surface area contributed by atoms with Crippen molar-refractivity contribution in [2.75, 3.05) is 0 Å². The summed E-state index contributed by atoms with van der Waals surface area (Å²) < 4.78 is 92.0. The van der Waals surface area contributed by atoms with Gasteiger partial charge in [0.15, 0.2) is 0 Å². The molecular weight excluding hydrogens is 817 g/mol. The van der Waals surface area contributed by atoms with Crippen LogP contribution in [0.15, 0.2) is 111 Å². The first-order chi connectivity index (χ1) is 28.1. The van der Waals surface area contributed by atoms with Crippen LogP contribution >= 0.6 is 0 Å². The molecular formula is C47H47IrN2O2. The van der Waals surface area contributed by atoms with E-state index >= 15 is 0 Å². The number of allylic oxidation sites excluding steroid dienone is 4. The van der Waals surface area contributed by atoms with Crippen molar-refractivity contribution >= 4 is 55.7 Å². The van der Waals surface area contributed by atoms with Crippen LogP contribution in [-0.2, 0) is 26.5 Å². The molecule has 7 aromatic rings. The van der Waals surface area contributed by atoms with Crippen LogP contribution < -0.4 is 0 Å². The molecule has 0 N–H and O–H groups in total. The molecule has 3 aromatic heterocycles. The van der Waals surface area contributed by atoms with E-state index in [0.29, 0.717) is 45.3 Å². The van der Waals surface area contributed by atoms with E-state index in [2.05, 4.69) is 17.1 Å². The molecule has 0 spiro atoms. The first kappa shape index (κ1) is 27.1. The van der Waals surface area contributed by atoms with E-state index in [-0.39, 0.29) is 31.2 Å². The number of fused-ring (bicyclic) bond motifs is 6. The van der Waals surface area contributed by atoms with E-state index in [9.17, 15) is 5.41 Å². The first-order valence-corrected chi connectivity index (χ1v) is 16.7. The zero-order chi connectivity index (χ0) is 45.1. The van der Waals surface area contributed by atoms with Gasteiger partial charge in [0, 0.05) is 36.1 Å². The molecule has 0 saturated carbocycles. The van der Waals surface area contributed by atoms with Crippen molar-refractivity contribution in [2.24, 2.45) is 10.8 Å². The van der Waals surface area contributed by atoms with Crippen molar-refractivity contribution in [3.05, 3.63) is 137 Å². The molecule has 0 radical (unpaired) electrons. The van der Waals surface area contributed by atoms with E-state index in [0.717, 1.165) is 32.7 Å². The summed E-state index contributed by atoms with van der Waals surface area (Å²) in [5, 5.41) is 13.5. The van der Waals surface area contributed by atoms with Crippen LogP contribution in [-0.4, -0.2) is 11.2 Å². The van der Waals surface area contributed by atoms with Gasteiger partial charge in [-0.3, -0.25) is 0 Å². The SMILES string of the molecule is [2H]C([2H])([2H])/C(C=[N-])=C(/C=C(\C)c1[c-]cc2oc3cc4c(cc3c2c1)oc1ccccc14)C([2H])([2H])C(C)(C)C.[2H]C([2H])([2H])c1c[c-]c(-c2ccc(C([2H])([2H])C(C)(C)C)cn2)cc1.[Ir+3]. The van der Waals surface area contributed by atoms with E-state index in [1.165, 1.54) is 18.3 Å². The molecule has 0 bridgehead atoms. The summed E-state index contributed by atoms with van der Waals surface area (Å²) in [6.07, 6.45) is -0.0299. The molecule has 0 atom stereocenters. The summed E-state index contributed by atoms with van der Waals surface area (Å²) >= 11 is 0. The third-order valence-electron chi connectivity index (χ3n) is 7.99. The van der Waals surface area contributed by atoms with Gasteiger partial charge in [0.2, 0.25) is 0 Å². The van der Waals surface area contributed by atoms with Crippen molar-refractivity contribution in [3.63, 3.8) is 0 Å². The number of pyridine rings is 1. The Morgan fingerprint density at radius 2 is 1.54 bits per heavy atom. The van der Waals surface area contributed by atoms with Gasteiger partial charge in [-0.15, -0.1) is 64.7 Å². The van der Waals surface area contributed by atoms with Crippen molar-refractivity contribution in [1.82, 2.24) is 4.98 Å². The topological polar surface area (TPSA) is 61.5 Å². The molecule has 0 saturated heterocycles. The Hall–Kier alpha value is -4.57. The van der Waals surface area contributed by atoms with Gasteiger partial charge < -0.3 is 19.2 Å². The van der Waals surface area contributed by atoms with Gasteiger partial charge in [-0.2, -0.15) is 6.21 Å². The summed E-state index contributed by atoms with van der Waals surface area (Å²) in [6, 6.07) is 29.6. The quantitative estimate of drug-likeness (QED) is 0.0950. The maximum Gasteiger partial charge on any atom is 3.00 e. The van der Waals surface area contributed by atoms with Gasteiger partial charge in [0.25, 0.3) is 0 Å². The van der Waals surface area contributed by atoms with Gasteiger partial charge in [-0.05, 0) is 59.9 Å². The summed E-state index contributed by atoms with van der Waals surface area (Å²) in [5.74, 6) is 0. The zero-order valence-corrected chi connectivity index (χ0v) is 32.7. The second-order valence-electron chi connectivity index (χ2n) is 14.6. The minimum absolute atomic E-state index is 0. The Kier molecular flexibility index (Phi) is 8.12. The maximum atomic E-state index is 9.85. The van der Waals surface area contributed by atoms with Crippen LogP contribution in [0.5, 0.6) is 0 Å². The Morgan fingerprint density at radius 1 is 0.827 bits per heavy atom. The van der Waals surface area contributed by atoms with Crippen LogP contribution in [0.1, 0.15) is 92.1 Å². The van der Waals surface area contributed by atoms with E-state index in [4.69, 9.17) is 22.5 Å². The third kappa shape index (κ3) is 9.07.